The molecule has 194 valence electrons. The van der Waals surface area contributed by atoms with Gasteiger partial charge in [-0.2, -0.15) is 0 Å². The average molecular weight is 476 g/mol. The van der Waals surface area contributed by atoms with Gasteiger partial charge in [0.15, 0.2) is 0 Å². The molecule has 0 amide bonds. The zero-order chi connectivity index (χ0) is 26.1. The fourth-order valence-electron chi connectivity index (χ4n) is 2.70. The van der Waals surface area contributed by atoms with E-state index in [0.717, 1.165) is 31.5 Å². The highest BCUT2D eigenvalue weighted by atomic mass is 31.2. The Balaban J connectivity index is -0.000000628. The molecule has 0 spiro atoms. The summed E-state index contributed by atoms with van der Waals surface area (Å²) in [6, 6.07) is 0. The van der Waals surface area contributed by atoms with Gasteiger partial charge in [0.25, 0.3) is 0 Å². The van der Waals surface area contributed by atoms with Crippen molar-refractivity contribution in [1.82, 2.24) is 5.09 Å². The maximum Gasteiger partial charge on any atom is 0.136 e. The largest absolute Gasteiger partial charge is 0.343 e. The molecule has 32 heavy (non-hydrogen) atoms. The van der Waals surface area contributed by atoms with Gasteiger partial charge in [-0.1, -0.05) is 89.5 Å². The second-order valence-electron chi connectivity index (χ2n) is 11.7. The highest BCUT2D eigenvalue weighted by Crippen LogP contribution is 2.36. The lowest BCUT2D eigenvalue weighted by Gasteiger charge is -2.33. The van der Waals surface area contributed by atoms with Crippen molar-refractivity contribution in [3.05, 3.63) is 0 Å². The molecule has 3 atom stereocenters. The van der Waals surface area contributed by atoms with Gasteiger partial charge in [-0.15, -0.1) is 0 Å². The summed E-state index contributed by atoms with van der Waals surface area (Å²) in [5.41, 5.74) is 0.111. The number of carbonyl (C=O) groups is 2. The van der Waals surface area contributed by atoms with E-state index >= 15 is 0 Å². The topological polar surface area (TPSA) is 55.4 Å². The first-order valence-corrected chi connectivity index (χ1v) is 14.2. The smallest absolute Gasteiger partial charge is 0.136 e. The zero-order valence-electron chi connectivity index (χ0n) is 24.1. The van der Waals surface area contributed by atoms with E-state index in [2.05, 4.69) is 81.2 Å². The lowest BCUT2D eigenvalue weighted by molar-refractivity contribution is -0.126. The van der Waals surface area contributed by atoms with Gasteiger partial charge < -0.3 is 9.32 Å². The predicted molar refractivity (Wildman–Crippen MR) is 144 cm³/mol. The Morgan fingerprint density at radius 1 is 1.03 bits per heavy atom. The third-order valence-corrected chi connectivity index (χ3v) is 6.68. The third-order valence-electron chi connectivity index (χ3n) is 5.54. The molecule has 0 aliphatic rings. The van der Waals surface area contributed by atoms with Crippen molar-refractivity contribution in [2.45, 2.75) is 109 Å². The summed E-state index contributed by atoms with van der Waals surface area (Å²) >= 11 is 0. The molecule has 0 saturated carbocycles. The molecular formula is C27H58NO3P. The van der Waals surface area contributed by atoms with Crippen LogP contribution in [0.5, 0.6) is 0 Å². The van der Waals surface area contributed by atoms with Crippen LogP contribution in [0.25, 0.3) is 0 Å². The molecular weight excluding hydrogens is 417 g/mol. The summed E-state index contributed by atoms with van der Waals surface area (Å²) in [5, 5.41) is 3.11. The van der Waals surface area contributed by atoms with Gasteiger partial charge >= 0.3 is 0 Å². The summed E-state index contributed by atoms with van der Waals surface area (Å²) in [7, 11) is 1.33. The molecule has 0 aromatic heterocycles. The van der Waals surface area contributed by atoms with E-state index in [9.17, 15) is 9.59 Å². The van der Waals surface area contributed by atoms with Crippen LogP contribution in [0.2, 0.25) is 0 Å². The van der Waals surface area contributed by atoms with Crippen molar-refractivity contribution >= 4 is 20.4 Å². The molecule has 1 N–H and O–H groups in total. The van der Waals surface area contributed by atoms with Crippen molar-refractivity contribution in [3.63, 3.8) is 0 Å². The second-order valence-corrected chi connectivity index (χ2v) is 13.4. The van der Waals surface area contributed by atoms with Gasteiger partial charge in [-0.3, -0.25) is 9.88 Å². The van der Waals surface area contributed by atoms with Crippen molar-refractivity contribution in [2.24, 2.45) is 34.5 Å². The van der Waals surface area contributed by atoms with E-state index in [1.54, 1.807) is 0 Å². The number of Topliss-reactive ketones (excluding diaryl/α,β-unsaturated/α-hetero) is 1. The van der Waals surface area contributed by atoms with Crippen molar-refractivity contribution in [1.29, 1.82) is 0 Å². The SMILES string of the molecule is CC(C)C.CCCC(C)C=O.CNP(C)OCC(C)(C)CC(=O)C(C)CC(C)(C)C(C)C. The van der Waals surface area contributed by atoms with E-state index in [-0.39, 0.29) is 22.7 Å². The summed E-state index contributed by atoms with van der Waals surface area (Å²) < 4.78 is 5.78. The molecule has 4 nitrogen and oxygen atoms in total. The molecule has 3 unspecified atom stereocenters. The molecule has 0 aromatic carbocycles. The van der Waals surface area contributed by atoms with Crippen LogP contribution in [0.1, 0.15) is 109 Å². The number of carbonyl (C=O) groups excluding carboxylic acids is 2. The lowest BCUT2D eigenvalue weighted by Crippen LogP contribution is -2.30. The average Bonchev–Trinajstić information content (AvgIpc) is 2.65. The summed E-state index contributed by atoms with van der Waals surface area (Å²) in [5.74, 6) is 2.17. The van der Waals surface area contributed by atoms with E-state index in [1.165, 1.54) is 0 Å². The van der Waals surface area contributed by atoms with Gasteiger partial charge in [0.05, 0.1) is 14.9 Å². The van der Waals surface area contributed by atoms with Crippen LogP contribution in [-0.2, 0) is 14.1 Å². The van der Waals surface area contributed by atoms with Crippen LogP contribution in [-0.4, -0.2) is 32.4 Å². The predicted octanol–water partition coefficient (Wildman–Crippen LogP) is 8.14. The van der Waals surface area contributed by atoms with E-state index < -0.39 is 8.30 Å². The number of rotatable bonds is 13. The molecule has 5 heteroatoms. The van der Waals surface area contributed by atoms with Crippen LogP contribution < -0.4 is 5.09 Å². The highest BCUT2D eigenvalue weighted by molar-refractivity contribution is 7.49. The van der Waals surface area contributed by atoms with Gasteiger partial charge in [0.2, 0.25) is 0 Å². The molecule has 0 aromatic rings. The molecule has 0 fully saturated rings. The first-order valence-electron chi connectivity index (χ1n) is 12.5. The number of hydrogen-bond acceptors (Lipinski definition) is 4. The fraction of sp³-hybridized carbons (Fsp3) is 0.926. The van der Waals surface area contributed by atoms with Gasteiger partial charge in [-0.05, 0) is 49.2 Å². The molecule has 0 aliphatic heterocycles. The molecule has 0 heterocycles. The first kappa shape index (κ1) is 36.3. The standard InChI is InChI=1S/C17H36NO2P.C6H12O.C4H10/c1-13(2)17(6,7)10-14(3)15(19)11-16(4,5)12-20-21(9)18-8;1-3-4-6(2)5-7;1-4(2)3/h13-14,18H,10-12H2,1-9H3;5-6H,3-4H2,1-2H3;4H,1-3H3. The van der Waals surface area contributed by atoms with Crippen LogP contribution in [0, 0.1) is 34.5 Å². The first-order chi connectivity index (χ1) is 14.4. The number of hydrogen-bond donors (Lipinski definition) is 1. The van der Waals surface area contributed by atoms with Crippen LogP contribution in [0.4, 0.5) is 0 Å². The Hall–Kier alpha value is -0.310. The van der Waals surface area contributed by atoms with Gasteiger partial charge in [-0.25, -0.2) is 0 Å². The minimum absolute atomic E-state index is 0.0965. The van der Waals surface area contributed by atoms with Crippen LogP contribution >= 0.6 is 8.30 Å². The van der Waals surface area contributed by atoms with E-state index in [4.69, 9.17) is 4.52 Å². The van der Waals surface area contributed by atoms with Gasteiger partial charge in [0, 0.05) is 18.3 Å². The number of ketones is 1. The van der Waals surface area contributed by atoms with Crippen LogP contribution in [0.3, 0.4) is 0 Å². The van der Waals surface area contributed by atoms with E-state index in [0.29, 0.717) is 24.7 Å². The van der Waals surface area contributed by atoms with Crippen molar-refractivity contribution < 1.29 is 14.1 Å². The maximum absolute atomic E-state index is 12.5. The summed E-state index contributed by atoms with van der Waals surface area (Å²) in [4.78, 5) is 22.4. The summed E-state index contributed by atoms with van der Waals surface area (Å²) in [6.07, 6.45) is 4.69. The minimum atomic E-state index is -0.575. The number of aldehydes is 1. The molecule has 0 bridgehead atoms. The Morgan fingerprint density at radius 2 is 1.50 bits per heavy atom. The third kappa shape index (κ3) is 22.9. The number of nitrogens with one attached hydrogen (secondary N) is 1. The Bertz CT molecular complexity index is 473. The van der Waals surface area contributed by atoms with Gasteiger partial charge in [0.1, 0.15) is 12.1 Å². The maximum atomic E-state index is 12.5. The highest BCUT2D eigenvalue weighted by Gasteiger charge is 2.31. The molecule has 0 saturated heterocycles. The normalized spacial score (nSPS) is 14.6. The van der Waals surface area contributed by atoms with Crippen molar-refractivity contribution in [3.8, 4) is 0 Å². The summed E-state index contributed by atoms with van der Waals surface area (Å²) in [6.45, 7) is 28.5. The lowest BCUT2D eigenvalue weighted by atomic mass is 9.72. The quantitative estimate of drug-likeness (QED) is 0.216. The fourth-order valence-corrected chi connectivity index (χ4v) is 3.37. The molecule has 0 radical (unpaired) electrons. The Kier molecular flexibility index (Phi) is 21.6. The van der Waals surface area contributed by atoms with E-state index in [1.807, 2.05) is 20.6 Å². The monoisotopic (exact) mass is 475 g/mol. The van der Waals surface area contributed by atoms with Crippen molar-refractivity contribution in [2.75, 3.05) is 20.3 Å². The minimum Gasteiger partial charge on any atom is -0.343 e. The Labute approximate surface area is 203 Å². The van der Waals surface area contributed by atoms with Crippen LogP contribution in [0.15, 0.2) is 0 Å². The zero-order valence-corrected chi connectivity index (χ0v) is 25.0. The second kappa shape index (κ2) is 19.0. The molecule has 0 aliphatic carbocycles. The molecule has 0 rings (SSSR count). The Morgan fingerprint density at radius 3 is 1.81 bits per heavy atom.